The third-order valence-electron chi connectivity index (χ3n) is 2.64. The number of carbonyl (C=O) groups excluding carboxylic acids is 1. The van der Waals surface area contributed by atoms with E-state index in [1.165, 1.54) is 5.56 Å². The number of hydrogen-bond acceptors (Lipinski definition) is 3. The maximum absolute atomic E-state index is 11.6. The van der Waals surface area contributed by atoms with Crippen LogP contribution in [0.25, 0.3) is 0 Å². The second-order valence-corrected chi connectivity index (χ2v) is 3.67. The lowest BCUT2D eigenvalue weighted by molar-refractivity contribution is -0.117. The first-order valence-electron chi connectivity index (χ1n) is 5.03. The van der Waals surface area contributed by atoms with Gasteiger partial charge in [-0.25, -0.2) is 0 Å². The minimum Gasteiger partial charge on any atom is -0.316 e. The normalized spacial score (nSPS) is 14.5. The van der Waals surface area contributed by atoms with Crippen molar-refractivity contribution in [3.63, 3.8) is 0 Å². The molecular formula is C11H15N3O. The Balaban J connectivity index is 2.33. The Bertz CT molecular complexity index is 389. The zero-order valence-electron chi connectivity index (χ0n) is 8.79. The summed E-state index contributed by atoms with van der Waals surface area (Å²) in [6.07, 6.45) is 0.476. The zero-order valence-corrected chi connectivity index (χ0v) is 8.79. The molecular weight excluding hydrogens is 190 g/mol. The molecule has 3 N–H and O–H groups in total. The highest BCUT2D eigenvalue weighted by molar-refractivity contribution is 6.01. The standard InChI is InChI=1S/C11H15N3O/c1-13-6-8-2-3-10-9(4-8)5-11(15)14(10)7-12/h2-4,13H,5-7,12H2,1H3. The second-order valence-electron chi connectivity index (χ2n) is 3.67. The van der Waals surface area contributed by atoms with E-state index in [1.807, 2.05) is 19.2 Å². The fourth-order valence-electron chi connectivity index (χ4n) is 1.95. The number of nitrogens with two attached hydrogens (primary N) is 1. The molecule has 0 fully saturated rings. The number of carbonyl (C=O) groups is 1. The molecule has 0 atom stereocenters. The lowest BCUT2D eigenvalue weighted by atomic mass is 10.1. The molecule has 1 heterocycles. The lowest BCUT2D eigenvalue weighted by Crippen LogP contribution is -2.32. The van der Waals surface area contributed by atoms with E-state index in [2.05, 4.69) is 11.4 Å². The number of nitrogens with one attached hydrogen (secondary N) is 1. The number of fused-ring (bicyclic) bond motifs is 1. The molecule has 0 aliphatic carbocycles. The highest BCUT2D eigenvalue weighted by atomic mass is 16.2. The van der Waals surface area contributed by atoms with Crippen molar-refractivity contribution in [2.75, 3.05) is 18.6 Å². The summed E-state index contributed by atoms with van der Waals surface area (Å²) in [5.74, 6) is 0.0918. The minimum atomic E-state index is 0.0918. The average molecular weight is 205 g/mol. The Labute approximate surface area is 89.1 Å². The monoisotopic (exact) mass is 205 g/mol. The first kappa shape index (κ1) is 10.1. The third kappa shape index (κ3) is 1.73. The van der Waals surface area contributed by atoms with Gasteiger partial charge in [0.15, 0.2) is 0 Å². The van der Waals surface area contributed by atoms with Crippen LogP contribution in [0.4, 0.5) is 5.69 Å². The maximum Gasteiger partial charge on any atom is 0.232 e. The number of hydrogen-bond donors (Lipinski definition) is 2. The van der Waals surface area contributed by atoms with Crippen LogP contribution >= 0.6 is 0 Å². The van der Waals surface area contributed by atoms with Crippen LogP contribution in [0.1, 0.15) is 11.1 Å². The van der Waals surface area contributed by atoms with Crippen LogP contribution in [0.2, 0.25) is 0 Å². The van der Waals surface area contributed by atoms with E-state index in [0.29, 0.717) is 6.42 Å². The first-order valence-corrected chi connectivity index (χ1v) is 5.03. The van der Waals surface area contributed by atoms with Gasteiger partial charge in [-0.2, -0.15) is 0 Å². The topological polar surface area (TPSA) is 58.4 Å². The Morgan fingerprint density at radius 3 is 3.00 bits per heavy atom. The molecule has 0 saturated heterocycles. The summed E-state index contributed by atoms with van der Waals surface area (Å²) in [6, 6.07) is 6.07. The molecule has 4 nitrogen and oxygen atoms in total. The largest absolute Gasteiger partial charge is 0.316 e. The Morgan fingerprint density at radius 1 is 1.53 bits per heavy atom. The molecule has 15 heavy (non-hydrogen) atoms. The van der Waals surface area contributed by atoms with E-state index in [0.717, 1.165) is 17.8 Å². The van der Waals surface area contributed by atoms with Gasteiger partial charge < -0.3 is 11.1 Å². The van der Waals surface area contributed by atoms with E-state index < -0.39 is 0 Å². The minimum absolute atomic E-state index is 0.0918. The number of amides is 1. The van der Waals surface area contributed by atoms with Crippen molar-refractivity contribution in [3.8, 4) is 0 Å². The number of benzene rings is 1. The first-order chi connectivity index (χ1) is 7.26. The van der Waals surface area contributed by atoms with E-state index in [4.69, 9.17) is 5.73 Å². The van der Waals surface area contributed by atoms with Crippen molar-refractivity contribution in [1.29, 1.82) is 0 Å². The molecule has 1 aliphatic rings. The molecule has 0 radical (unpaired) electrons. The number of rotatable bonds is 3. The van der Waals surface area contributed by atoms with Crippen molar-refractivity contribution >= 4 is 11.6 Å². The van der Waals surface area contributed by atoms with Gasteiger partial charge in [0.2, 0.25) is 5.91 Å². The summed E-state index contributed by atoms with van der Waals surface area (Å²) < 4.78 is 0. The quantitative estimate of drug-likeness (QED) is 0.741. The van der Waals surface area contributed by atoms with Gasteiger partial charge in [0, 0.05) is 12.2 Å². The van der Waals surface area contributed by atoms with E-state index in [1.54, 1.807) is 4.90 Å². The van der Waals surface area contributed by atoms with E-state index in [-0.39, 0.29) is 12.6 Å². The van der Waals surface area contributed by atoms with Crippen molar-refractivity contribution in [1.82, 2.24) is 5.32 Å². The molecule has 1 aromatic rings. The summed E-state index contributed by atoms with van der Waals surface area (Å²) in [6.45, 7) is 1.08. The summed E-state index contributed by atoms with van der Waals surface area (Å²) in [7, 11) is 1.91. The van der Waals surface area contributed by atoms with Crippen LogP contribution < -0.4 is 16.0 Å². The smallest absolute Gasteiger partial charge is 0.232 e. The molecule has 1 aliphatic heterocycles. The highest BCUT2D eigenvalue weighted by Gasteiger charge is 2.25. The highest BCUT2D eigenvalue weighted by Crippen LogP contribution is 2.28. The number of nitrogens with zero attached hydrogens (tertiary/aromatic N) is 1. The molecule has 1 amide bonds. The van der Waals surface area contributed by atoms with Gasteiger partial charge in [-0.15, -0.1) is 0 Å². The Hall–Kier alpha value is -1.39. The van der Waals surface area contributed by atoms with Gasteiger partial charge in [-0.3, -0.25) is 9.69 Å². The fourth-order valence-corrected chi connectivity index (χ4v) is 1.95. The molecule has 1 aromatic carbocycles. The van der Waals surface area contributed by atoms with E-state index in [9.17, 15) is 4.79 Å². The molecule has 0 aromatic heterocycles. The van der Waals surface area contributed by atoms with Crippen molar-refractivity contribution in [2.45, 2.75) is 13.0 Å². The maximum atomic E-state index is 11.6. The second kappa shape index (κ2) is 4.00. The van der Waals surface area contributed by atoms with Crippen molar-refractivity contribution in [3.05, 3.63) is 29.3 Å². The summed E-state index contributed by atoms with van der Waals surface area (Å²) in [5, 5.41) is 3.09. The summed E-state index contributed by atoms with van der Waals surface area (Å²) in [4.78, 5) is 13.2. The average Bonchev–Trinajstić information content (AvgIpc) is 2.53. The van der Waals surface area contributed by atoms with Crippen LogP contribution in [0.3, 0.4) is 0 Å². The zero-order chi connectivity index (χ0) is 10.8. The Kier molecular flexibility index (Phi) is 2.70. The van der Waals surface area contributed by atoms with Crippen LogP contribution in [0.5, 0.6) is 0 Å². The van der Waals surface area contributed by atoms with Crippen molar-refractivity contribution < 1.29 is 4.79 Å². The fraction of sp³-hybridized carbons (Fsp3) is 0.364. The molecule has 0 saturated carbocycles. The third-order valence-corrected chi connectivity index (χ3v) is 2.64. The van der Waals surface area contributed by atoms with Gasteiger partial charge in [0.1, 0.15) is 0 Å². The molecule has 0 spiro atoms. The molecule has 0 bridgehead atoms. The predicted octanol–water partition coefficient (Wildman–Crippen LogP) is 0.211. The summed E-state index contributed by atoms with van der Waals surface area (Å²) in [5.41, 5.74) is 8.77. The van der Waals surface area contributed by atoms with Crippen LogP contribution in [-0.2, 0) is 17.8 Å². The van der Waals surface area contributed by atoms with Crippen molar-refractivity contribution in [2.24, 2.45) is 5.73 Å². The summed E-state index contributed by atoms with van der Waals surface area (Å²) >= 11 is 0. The molecule has 4 heteroatoms. The van der Waals surface area contributed by atoms with Gasteiger partial charge in [-0.05, 0) is 24.2 Å². The van der Waals surface area contributed by atoms with Gasteiger partial charge in [-0.1, -0.05) is 12.1 Å². The van der Waals surface area contributed by atoms with E-state index >= 15 is 0 Å². The molecule has 80 valence electrons. The SMILES string of the molecule is CNCc1ccc2c(c1)CC(=O)N2CN. The van der Waals surface area contributed by atoms with Gasteiger partial charge in [0.25, 0.3) is 0 Å². The van der Waals surface area contributed by atoms with Gasteiger partial charge >= 0.3 is 0 Å². The predicted molar refractivity (Wildman–Crippen MR) is 59.5 cm³/mol. The molecule has 2 rings (SSSR count). The number of anilines is 1. The molecule has 0 unspecified atom stereocenters. The van der Waals surface area contributed by atoms with Crippen LogP contribution in [0.15, 0.2) is 18.2 Å². The Morgan fingerprint density at radius 2 is 2.33 bits per heavy atom. The van der Waals surface area contributed by atoms with Crippen LogP contribution in [-0.4, -0.2) is 19.6 Å². The van der Waals surface area contributed by atoms with Gasteiger partial charge in [0.05, 0.1) is 13.1 Å². The lowest BCUT2D eigenvalue weighted by Gasteiger charge is -2.14. The van der Waals surface area contributed by atoms with Crippen LogP contribution in [0, 0.1) is 0 Å².